The Hall–Kier alpha value is -1.69. The Morgan fingerprint density at radius 2 is 2.06 bits per heavy atom. The number of carbonyl (C=O) groups excluding carboxylic acids is 2. The molecule has 5 nitrogen and oxygen atoms in total. The Labute approximate surface area is 104 Å². The number of carbonyl (C=O) groups is 2. The first-order chi connectivity index (χ1) is 7.88. The van der Waals surface area contributed by atoms with Gasteiger partial charge in [-0.3, -0.25) is 9.59 Å². The zero-order valence-corrected chi connectivity index (χ0v) is 10.8. The number of hydrogen-bond acceptors (Lipinski definition) is 4. The van der Waals surface area contributed by atoms with Crippen LogP contribution in [0, 0.1) is 0 Å². The van der Waals surface area contributed by atoms with Gasteiger partial charge in [-0.1, -0.05) is 6.07 Å². The molecule has 1 rings (SSSR count). The standard InChI is InChI=1S/C11H15N3O2S/c1-11(2,3)13-9(15)10(16)14-12-7-8-5-4-6-17-8/h4-7H,1-3H3,(H,13,15)(H,14,16)/b12-7+. The fourth-order valence-electron chi connectivity index (χ4n) is 0.967. The number of nitrogens with one attached hydrogen (secondary N) is 2. The van der Waals surface area contributed by atoms with Crippen molar-refractivity contribution in [2.45, 2.75) is 26.3 Å². The Balaban J connectivity index is 2.42. The predicted octanol–water partition coefficient (Wildman–Crippen LogP) is 1.11. The predicted molar refractivity (Wildman–Crippen MR) is 68.0 cm³/mol. The van der Waals surface area contributed by atoms with Crippen molar-refractivity contribution in [3.63, 3.8) is 0 Å². The monoisotopic (exact) mass is 253 g/mol. The second-order valence-corrected chi connectivity index (χ2v) is 5.40. The van der Waals surface area contributed by atoms with Gasteiger partial charge in [-0.05, 0) is 32.2 Å². The number of nitrogens with zero attached hydrogens (tertiary/aromatic N) is 1. The number of rotatable bonds is 2. The molecule has 6 heteroatoms. The van der Waals surface area contributed by atoms with Gasteiger partial charge in [0.15, 0.2) is 0 Å². The third kappa shape index (κ3) is 5.26. The first-order valence-corrected chi connectivity index (χ1v) is 5.95. The molecule has 0 aromatic carbocycles. The van der Waals surface area contributed by atoms with Gasteiger partial charge in [0.05, 0.1) is 6.21 Å². The fraction of sp³-hybridized carbons (Fsp3) is 0.364. The van der Waals surface area contributed by atoms with Gasteiger partial charge in [0.25, 0.3) is 0 Å². The molecule has 0 atom stereocenters. The van der Waals surface area contributed by atoms with Gasteiger partial charge in [0.1, 0.15) is 0 Å². The molecule has 0 saturated carbocycles. The molecular formula is C11H15N3O2S. The fourth-order valence-corrected chi connectivity index (χ4v) is 1.55. The minimum absolute atomic E-state index is 0.439. The van der Waals surface area contributed by atoms with Crippen molar-refractivity contribution < 1.29 is 9.59 Å². The van der Waals surface area contributed by atoms with Crippen molar-refractivity contribution >= 4 is 29.4 Å². The smallest absolute Gasteiger partial charge is 0.329 e. The maximum Gasteiger partial charge on any atom is 0.329 e. The van der Waals surface area contributed by atoms with Crippen LogP contribution in [0.15, 0.2) is 22.6 Å². The third-order valence-corrected chi connectivity index (χ3v) is 2.40. The average molecular weight is 253 g/mol. The molecule has 2 N–H and O–H groups in total. The number of hydrogen-bond donors (Lipinski definition) is 2. The molecule has 0 spiro atoms. The molecule has 0 saturated heterocycles. The molecule has 0 radical (unpaired) electrons. The highest BCUT2D eigenvalue weighted by molar-refractivity contribution is 7.11. The van der Waals surface area contributed by atoms with Gasteiger partial charge in [0, 0.05) is 10.4 Å². The van der Waals surface area contributed by atoms with E-state index in [2.05, 4.69) is 15.8 Å². The third-order valence-electron chi connectivity index (χ3n) is 1.60. The Morgan fingerprint density at radius 3 is 2.59 bits per heavy atom. The topological polar surface area (TPSA) is 70.6 Å². The highest BCUT2D eigenvalue weighted by Gasteiger charge is 2.19. The van der Waals surface area contributed by atoms with E-state index in [1.54, 1.807) is 20.8 Å². The minimum Gasteiger partial charge on any atom is -0.343 e. The van der Waals surface area contributed by atoms with E-state index < -0.39 is 17.4 Å². The molecule has 0 aliphatic rings. The highest BCUT2D eigenvalue weighted by Crippen LogP contribution is 2.04. The van der Waals surface area contributed by atoms with Crippen LogP contribution in [0.25, 0.3) is 0 Å². The van der Waals surface area contributed by atoms with Crippen LogP contribution in [0.4, 0.5) is 0 Å². The summed E-state index contributed by atoms with van der Waals surface area (Å²) in [7, 11) is 0. The van der Waals surface area contributed by atoms with E-state index in [4.69, 9.17) is 0 Å². The van der Waals surface area contributed by atoms with E-state index in [0.717, 1.165) is 4.88 Å². The van der Waals surface area contributed by atoms with Crippen LogP contribution in [0.3, 0.4) is 0 Å². The molecule has 0 unspecified atom stereocenters. The molecule has 1 aromatic heterocycles. The van der Waals surface area contributed by atoms with Crippen molar-refractivity contribution in [3.05, 3.63) is 22.4 Å². The number of amides is 2. The van der Waals surface area contributed by atoms with Crippen LogP contribution in [0.1, 0.15) is 25.6 Å². The first kappa shape index (κ1) is 13.4. The van der Waals surface area contributed by atoms with Gasteiger partial charge < -0.3 is 5.32 Å². The molecular weight excluding hydrogens is 238 g/mol. The summed E-state index contributed by atoms with van der Waals surface area (Å²) in [5.41, 5.74) is 1.73. The number of thiophene rings is 1. The summed E-state index contributed by atoms with van der Waals surface area (Å²) in [6.07, 6.45) is 1.49. The van der Waals surface area contributed by atoms with E-state index in [1.165, 1.54) is 17.6 Å². The van der Waals surface area contributed by atoms with Crippen molar-refractivity contribution in [1.29, 1.82) is 0 Å². The van der Waals surface area contributed by atoms with Gasteiger partial charge in [-0.2, -0.15) is 5.10 Å². The summed E-state index contributed by atoms with van der Waals surface area (Å²) < 4.78 is 0. The van der Waals surface area contributed by atoms with Crippen LogP contribution >= 0.6 is 11.3 Å². The second-order valence-electron chi connectivity index (χ2n) is 4.42. The lowest BCUT2D eigenvalue weighted by Gasteiger charge is -2.19. The Kier molecular flexibility index (Phi) is 4.39. The van der Waals surface area contributed by atoms with Gasteiger partial charge in [0.2, 0.25) is 0 Å². The maximum atomic E-state index is 11.4. The quantitative estimate of drug-likeness (QED) is 0.471. The Morgan fingerprint density at radius 1 is 1.35 bits per heavy atom. The van der Waals surface area contributed by atoms with Gasteiger partial charge in [-0.25, -0.2) is 5.43 Å². The van der Waals surface area contributed by atoms with Gasteiger partial charge in [-0.15, -0.1) is 11.3 Å². The Bertz CT molecular complexity index is 418. The van der Waals surface area contributed by atoms with Crippen molar-refractivity contribution in [2.24, 2.45) is 5.10 Å². The molecule has 2 amide bonds. The summed E-state index contributed by atoms with van der Waals surface area (Å²) in [6.45, 7) is 5.40. The van der Waals surface area contributed by atoms with Crippen molar-refractivity contribution in [1.82, 2.24) is 10.7 Å². The zero-order chi connectivity index (χ0) is 12.9. The summed E-state index contributed by atoms with van der Waals surface area (Å²) in [5.74, 6) is -1.46. The summed E-state index contributed by atoms with van der Waals surface area (Å²) in [4.78, 5) is 23.6. The number of hydrazone groups is 1. The molecule has 92 valence electrons. The average Bonchev–Trinajstić information content (AvgIpc) is 2.67. The zero-order valence-electron chi connectivity index (χ0n) is 9.98. The molecule has 1 aromatic rings. The summed E-state index contributed by atoms with van der Waals surface area (Å²) in [5, 5.41) is 8.13. The lowest BCUT2D eigenvalue weighted by atomic mass is 10.1. The van der Waals surface area contributed by atoms with E-state index >= 15 is 0 Å². The second kappa shape index (κ2) is 5.58. The molecule has 0 aliphatic carbocycles. The van der Waals surface area contributed by atoms with Gasteiger partial charge >= 0.3 is 11.8 Å². The SMILES string of the molecule is CC(C)(C)NC(=O)C(=O)N/N=C/c1cccs1. The van der Waals surface area contributed by atoms with Crippen molar-refractivity contribution in [2.75, 3.05) is 0 Å². The van der Waals surface area contributed by atoms with Crippen molar-refractivity contribution in [3.8, 4) is 0 Å². The van der Waals surface area contributed by atoms with Crippen LogP contribution in [0.2, 0.25) is 0 Å². The minimum atomic E-state index is -0.771. The van der Waals surface area contributed by atoms with E-state index in [-0.39, 0.29) is 0 Å². The molecule has 0 fully saturated rings. The first-order valence-electron chi connectivity index (χ1n) is 5.07. The highest BCUT2D eigenvalue weighted by atomic mass is 32.1. The molecule has 0 aliphatic heterocycles. The van der Waals surface area contributed by atoms with Crippen LogP contribution in [-0.4, -0.2) is 23.6 Å². The van der Waals surface area contributed by atoms with E-state index in [9.17, 15) is 9.59 Å². The van der Waals surface area contributed by atoms with Crippen LogP contribution < -0.4 is 10.7 Å². The maximum absolute atomic E-state index is 11.4. The van der Waals surface area contributed by atoms with Crippen LogP contribution in [0.5, 0.6) is 0 Å². The summed E-state index contributed by atoms with van der Waals surface area (Å²) >= 11 is 1.49. The normalized spacial score (nSPS) is 11.5. The lowest BCUT2D eigenvalue weighted by molar-refractivity contribution is -0.140. The van der Waals surface area contributed by atoms with E-state index in [1.807, 2.05) is 17.5 Å². The largest absolute Gasteiger partial charge is 0.343 e. The molecule has 1 heterocycles. The summed E-state index contributed by atoms with van der Waals surface area (Å²) in [6, 6.07) is 3.73. The van der Waals surface area contributed by atoms with Crippen LogP contribution in [-0.2, 0) is 9.59 Å². The van der Waals surface area contributed by atoms with E-state index in [0.29, 0.717) is 0 Å². The molecule has 0 bridgehead atoms. The lowest BCUT2D eigenvalue weighted by Crippen LogP contribution is -2.47. The molecule has 17 heavy (non-hydrogen) atoms.